The Morgan fingerprint density at radius 2 is 1.97 bits per heavy atom. The summed E-state index contributed by atoms with van der Waals surface area (Å²) in [4.78, 5) is 17.8. The maximum Gasteiger partial charge on any atom is 0.416 e. The van der Waals surface area contributed by atoms with Crippen LogP contribution < -0.4 is 10.2 Å². The van der Waals surface area contributed by atoms with Crippen LogP contribution in [0, 0.1) is 11.3 Å². The zero-order valence-corrected chi connectivity index (χ0v) is 21.7. The SMILES string of the molecule is CCOC1COCCC1N[C@@H]1CC[C@@](C(=O)N2CCN(c3cccc(C(F)(F)F)c3)CC2)(C(C)C)C1. The van der Waals surface area contributed by atoms with Crippen molar-refractivity contribution in [1.82, 2.24) is 10.2 Å². The molecule has 1 N–H and O–H groups in total. The number of carbonyl (C=O) groups is 1. The molecule has 2 saturated heterocycles. The van der Waals surface area contributed by atoms with Crippen molar-refractivity contribution in [3.8, 4) is 0 Å². The number of ether oxygens (including phenoxy) is 2. The number of rotatable bonds is 7. The molecule has 2 aliphatic heterocycles. The van der Waals surface area contributed by atoms with Gasteiger partial charge in [-0.1, -0.05) is 19.9 Å². The van der Waals surface area contributed by atoms with Crippen molar-refractivity contribution in [3.63, 3.8) is 0 Å². The fourth-order valence-corrected chi connectivity index (χ4v) is 6.13. The van der Waals surface area contributed by atoms with E-state index in [9.17, 15) is 18.0 Å². The summed E-state index contributed by atoms with van der Waals surface area (Å²) in [7, 11) is 0. The highest BCUT2D eigenvalue weighted by Gasteiger charge is 2.50. The van der Waals surface area contributed by atoms with Crippen molar-refractivity contribution >= 4 is 11.6 Å². The summed E-state index contributed by atoms with van der Waals surface area (Å²) < 4.78 is 50.9. The second kappa shape index (κ2) is 11.3. The summed E-state index contributed by atoms with van der Waals surface area (Å²) in [6.45, 7) is 10.3. The predicted octanol–water partition coefficient (Wildman–Crippen LogP) is 4.33. The van der Waals surface area contributed by atoms with Gasteiger partial charge in [0.1, 0.15) is 0 Å². The topological polar surface area (TPSA) is 54.0 Å². The van der Waals surface area contributed by atoms with Gasteiger partial charge in [-0.25, -0.2) is 0 Å². The molecule has 2 heterocycles. The highest BCUT2D eigenvalue weighted by atomic mass is 19.4. The average Bonchev–Trinajstić information content (AvgIpc) is 3.30. The standard InChI is InChI=1S/C27H40F3N3O3/c1-4-36-24-18-35-15-9-23(24)31-21-8-10-26(17-21,19(2)3)25(34)33-13-11-32(12-14-33)22-7-5-6-20(16-22)27(28,29)30/h5-7,16,19,21,23-24,31H,4,8-15,17-18H2,1-3H3/t21-,23?,24?,26+/m1/s1. The van der Waals surface area contributed by atoms with Gasteiger partial charge in [-0.15, -0.1) is 0 Å². The first-order chi connectivity index (χ1) is 17.1. The van der Waals surface area contributed by atoms with E-state index in [1.807, 2.05) is 16.7 Å². The number of alkyl halides is 3. The van der Waals surface area contributed by atoms with Crippen LogP contribution in [-0.4, -0.2) is 75.0 Å². The maximum atomic E-state index is 13.9. The third-order valence-corrected chi connectivity index (χ3v) is 8.32. The monoisotopic (exact) mass is 511 g/mol. The second-order valence-electron chi connectivity index (χ2n) is 10.7. The number of nitrogens with zero attached hydrogens (tertiary/aromatic N) is 2. The Morgan fingerprint density at radius 1 is 1.22 bits per heavy atom. The van der Waals surface area contributed by atoms with E-state index in [0.29, 0.717) is 45.1 Å². The fraction of sp³-hybridized carbons (Fsp3) is 0.741. The van der Waals surface area contributed by atoms with E-state index in [-0.39, 0.29) is 30.0 Å². The molecule has 36 heavy (non-hydrogen) atoms. The van der Waals surface area contributed by atoms with Crippen molar-refractivity contribution < 1.29 is 27.4 Å². The van der Waals surface area contributed by atoms with Crippen molar-refractivity contribution in [1.29, 1.82) is 0 Å². The molecule has 6 nitrogen and oxygen atoms in total. The lowest BCUT2D eigenvalue weighted by Gasteiger charge is -2.42. The predicted molar refractivity (Wildman–Crippen MR) is 133 cm³/mol. The Bertz CT molecular complexity index is 887. The quantitative estimate of drug-likeness (QED) is 0.591. The van der Waals surface area contributed by atoms with Gasteiger partial charge in [-0.3, -0.25) is 4.79 Å². The average molecular weight is 512 g/mol. The normalized spacial score (nSPS) is 29.7. The molecular formula is C27H40F3N3O3. The van der Waals surface area contributed by atoms with Crippen LogP contribution >= 0.6 is 0 Å². The second-order valence-corrected chi connectivity index (χ2v) is 10.7. The molecule has 1 aromatic rings. The zero-order valence-electron chi connectivity index (χ0n) is 21.7. The third-order valence-electron chi connectivity index (χ3n) is 8.32. The summed E-state index contributed by atoms with van der Waals surface area (Å²) in [5, 5.41) is 3.79. The van der Waals surface area contributed by atoms with Gasteiger partial charge in [-0.2, -0.15) is 13.2 Å². The number of amides is 1. The number of hydrogen-bond donors (Lipinski definition) is 1. The molecule has 1 amide bonds. The van der Waals surface area contributed by atoms with Crippen LogP contribution in [0.25, 0.3) is 0 Å². The Morgan fingerprint density at radius 3 is 2.64 bits per heavy atom. The molecule has 2 unspecified atom stereocenters. The summed E-state index contributed by atoms with van der Waals surface area (Å²) in [5.74, 6) is 0.398. The van der Waals surface area contributed by atoms with Crippen LogP contribution in [0.2, 0.25) is 0 Å². The van der Waals surface area contributed by atoms with E-state index in [4.69, 9.17) is 9.47 Å². The van der Waals surface area contributed by atoms with Gasteiger partial charge in [0.05, 0.1) is 23.7 Å². The molecule has 3 fully saturated rings. The molecule has 0 aromatic heterocycles. The van der Waals surface area contributed by atoms with Gasteiger partial charge in [-0.05, 0) is 56.7 Å². The minimum Gasteiger partial charge on any atom is -0.379 e. The number of halogens is 3. The van der Waals surface area contributed by atoms with Gasteiger partial charge in [0.15, 0.2) is 0 Å². The Labute approximate surface area is 212 Å². The molecule has 4 atom stereocenters. The first-order valence-electron chi connectivity index (χ1n) is 13.3. The minimum atomic E-state index is -4.36. The van der Waals surface area contributed by atoms with Gasteiger partial charge in [0.2, 0.25) is 5.91 Å². The first-order valence-corrected chi connectivity index (χ1v) is 13.3. The van der Waals surface area contributed by atoms with Gasteiger partial charge in [0, 0.05) is 57.2 Å². The Kier molecular flexibility index (Phi) is 8.52. The number of nitrogens with one attached hydrogen (secondary N) is 1. The number of anilines is 1. The van der Waals surface area contributed by atoms with Crippen LogP contribution in [0.4, 0.5) is 18.9 Å². The summed E-state index contributed by atoms with van der Waals surface area (Å²) in [6, 6.07) is 5.94. The third kappa shape index (κ3) is 5.83. The molecule has 1 aromatic carbocycles. The van der Waals surface area contributed by atoms with Crippen LogP contribution in [-0.2, 0) is 20.4 Å². The summed E-state index contributed by atoms with van der Waals surface area (Å²) >= 11 is 0. The first kappa shape index (κ1) is 27.2. The maximum absolute atomic E-state index is 13.9. The Balaban J connectivity index is 1.38. The molecule has 1 saturated carbocycles. The highest BCUT2D eigenvalue weighted by Crippen LogP contribution is 2.46. The molecule has 202 valence electrons. The molecule has 0 radical (unpaired) electrons. The lowest BCUT2D eigenvalue weighted by atomic mass is 9.74. The molecular weight excluding hydrogens is 471 g/mol. The largest absolute Gasteiger partial charge is 0.416 e. The lowest BCUT2D eigenvalue weighted by Crippen LogP contribution is -2.55. The summed E-state index contributed by atoms with van der Waals surface area (Å²) in [6.07, 6.45) is -0.827. The lowest BCUT2D eigenvalue weighted by molar-refractivity contribution is -0.145. The fourth-order valence-electron chi connectivity index (χ4n) is 6.13. The van der Waals surface area contributed by atoms with Crippen LogP contribution in [0.3, 0.4) is 0 Å². The number of benzene rings is 1. The highest BCUT2D eigenvalue weighted by molar-refractivity contribution is 5.84. The number of carbonyl (C=O) groups excluding carboxylic acids is 1. The molecule has 0 spiro atoms. The molecule has 4 rings (SSSR count). The van der Waals surface area contributed by atoms with Gasteiger partial charge < -0.3 is 24.6 Å². The molecule has 3 aliphatic rings. The van der Waals surface area contributed by atoms with Gasteiger partial charge in [0.25, 0.3) is 0 Å². The zero-order chi connectivity index (χ0) is 25.9. The van der Waals surface area contributed by atoms with Crippen LogP contribution in [0.5, 0.6) is 0 Å². The van der Waals surface area contributed by atoms with Gasteiger partial charge >= 0.3 is 6.18 Å². The van der Waals surface area contributed by atoms with Crippen LogP contribution in [0.15, 0.2) is 24.3 Å². The van der Waals surface area contributed by atoms with E-state index in [1.165, 1.54) is 12.1 Å². The number of piperazine rings is 1. The minimum absolute atomic E-state index is 0.0393. The van der Waals surface area contributed by atoms with E-state index in [1.54, 1.807) is 6.07 Å². The van der Waals surface area contributed by atoms with Crippen molar-refractivity contribution in [3.05, 3.63) is 29.8 Å². The molecule has 9 heteroatoms. The molecule has 1 aliphatic carbocycles. The van der Waals surface area contributed by atoms with E-state index >= 15 is 0 Å². The van der Waals surface area contributed by atoms with Crippen molar-refractivity contribution in [2.45, 2.75) is 70.8 Å². The van der Waals surface area contributed by atoms with Crippen molar-refractivity contribution in [2.75, 3.05) is 50.9 Å². The smallest absolute Gasteiger partial charge is 0.379 e. The molecule has 0 bridgehead atoms. The van der Waals surface area contributed by atoms with E-state index < -0.39 is 17.2 Å². The van der Waals surface area contributed by atoms with Crippen molar-refractivity contribution in [2.24, 2.45) is 11.3 Å². The number of hydrogen-bond acceptors (Lipinski definition) is 5. The van der Waals surface area contributed by atoms with E-state index in [2.05, 4.69) is 19.2 Å². The van der Waals surface area contributed by atoms with Crippen LogP contribution in [0.1, 0.15) is 52.0 Å². The Hall–Kier alpha value is -1.84. The van der Waals surface area contributed by atoms with E-state index in [0.717, 1.165) is 38.4 Å². The summed E-state index contributed by atoms with van der Waals surface area (Å²) in [5.41, 5.74) is -0.499.